The fourth-order valence-electron chi connectivity index (χ4n) is 3.85. The lowest BCUT2D eigenvalue weighted by molar-refractivity contribution is -0.139. The first kappa shape index (κ1) is 25.5. The molecule has 4 aromatic rings. The molecule has 0 fully saturated rings. The van der Waals surface area contributed by atoms with E-state index in [1.807, 2.05) is 36.4 Å². The first-order valence-corrected chi connectivity index (χ1v) is 11.4. The summed E-state index contributed by atoms with van der Waals surface area (Å²) in [7, 11) is 0. The van der Waals surface area contributed by atoms with Gasteiger partial charge in [0.1, 0.15) is 6.04 Å². The molecule has 5 nitrogen and oxygen atoms in total. The Kier molecular flexibility index (Phi) is 7.29. The molecular formula is C29H23F3N2O3. The highest BCUT2D eigenvalue weighted by molar-refractivity contribution is 5.97. The van der Waals surface area contributed by atoms with Crippen molar-refractivity contribution in [3.8, 4) is 22.3 Å². The van der Waals surface area contributed by atoms with Gasteiger partial charge in [0.15, 0.2) is 0 Å². The first-order valence-electron chi connectivity index (χ1n) is 11.4. The Morgan fingerprint density at radius 2 is 1.16 bits per heavy atom. The van der Waals surface area contributed by atoms with Gasteiger partial charge in [0.05, 0.1) is 5.56 Å². The summed E-state index contributed by atoms with van der Waals surface area (Å²) in [5.41, 5.74) is 9.73. The largest absolute Gasteiger partial charge is 0.480 e. The molecule has 37 heavy (non-hydrogen) atoms. The number of carboxylic acid groups (broad SMARTS) is 1. The van der Waals surface area contributed by atoms with Crippen molar-refractivity contribution in [2.45, 2.75) is 18.6 Å². The van der Waals surface area contributed by atoms with Crippen LogP contribution in [0.4, 0.5) is 18.9 Å². The van der Waals surface area contributed by atoms with E-state index in [0.29, 0.717) is 16.8 Å². The molecule has 188 valence electrons. The molecule has 0 saturated heterocycles. The summed E-state index contributed by atoms with van der Waals surface area (Å²) >= 11 is 0. The van der Waals surface area contributed by atoms with Gasteiger partial charge in [-0.3, -0.25) is 4.79 Å². The van der Waals surface area contributed by atoms with Crippen LogP contribution in [0.3, 0.4) is 0 Å². The highest BCUT2D eigenvalue weighted by Crippen LogP contribution is 2.31. The van der Waals surface area contributed by atoms with Crippen LogP contribution < -0.4 is 11.1 Å². The average molecular weight is 505 g/mol. The number of benzene rings is 4. The Bertz CT molecular complexity index is 1380. The minimum atomic E-state index is -4.42. The van der Waals surface area contributed by atoms with Crippen molar-refractivity contribution < 1.29 is 27.9 Å². The van der Waals surface area contributed by atoms with Crippen molar-refractivity contribution in [1.82, 2.24) is 5.32 Å². The number of carbonyl (C=O) groups excluding carboxylic acids is 1. The number of anilines is 1. The summed E-state index contributed by atoms with van der Waals surface area (Å²) in [4.78, 5) is 24.5. The summed E-state index contributed by atoms with van der Waals surface area (Å²) in [5.74, 6) is -1.73. The molecule has 0 saturated carbocycles. The third kappa shape index (κ3) is 6.35. The summed E-state index contributed by atoms with van der Waals surface area (Å²) in [6, 6.07) is 24.5. The third-order valence-corrected chi connectivity index (χ3v) is 5.93. The van der Waals surface area contributed by atoms with Gasteiger partial charge >= 0.3 is 12.1 Å². The van der Waals surface area contributed by atoms with Gasteiger partial charge in [0.2, 0.25) is 0 Å². The molecule has 0 aliphatic heterocycles. The molecule has 0 heterocycles. The molecule has 8 heteroatoms. The SMILES string of the molecule is Nc1ccc(-c2ccc(C[C@H](NC(=O)c3ccc(-c4ccc(C(F)(F)F)cc4)cc3)C(=O)O)cc2)cc1. The van der Waals surface area contributed by atoms with Crippen LogP contribution in [-0.2, 0) is 17.4 Å². The number of hydrogen-bond acceptors (Lipinski definition) is 3. The minimum Gasteiger partial charge on any atom is -0.480 e. The molecule has 0 radical (unpaired) electrons. The highest BCUT2D eigenvalue weighted by Gasteiger charge is 2.30. The number of amides is 1. The van der Waals surface area contributed by atoms with Crippen LogP contribution >= 0.6 is 0 Å². The predicted octanol–water partition coefficient (Wildman–Crippen LogP) is 6.05. The normalized spacial score (nSPS) is 12.1. The van der Waals surface area contributed by atoms with E-state index in [2.05, 4.69) is 5.32 Å². The van der Waals surface area contributed by atoms with E-state index in [4.69, 9.17) is 5.73 Å². The summed E-state index contributed by atoms with van der Waals surface area (Å²) in [5, 5.41) is 12.2. The van der Waals surface area contributed by atoms with Gasteiger partial charge in [0, 0.05) is 17.7 Å². The van der Waals surface area contributed by atoms with Crippen LogP contribution in [0.5, 0.6) is 0 Å². The molecule has 0 spiro atoms. The molecule has 1 amide bonds. The first-order chi connectivity index (χ1) is 17.6. The van der Waals surface area contributed by atoms with Crippen molar-refractivity contribution in [2.24, 2.45) is 0 Å². The monoisotopic (exact) mass is 504 g/mol. The number of nitrogen functional groups attached to an aromatic ring is 1. The molecule has 1 atom stereocenters. The topological polar surface area (TPSA) is 92.4 Å². The van der Waals surface area contributed by atoms with Crippen molar-refractivity contribution >= 4 is 17.6 Å². The Labute approximate surface area is 211 Å². The van der Waals surface area contributed by atoms with Gasteiger partial charge in [-0.25, -0.2) is 4.79 Å². The number of hydrogen-bond donors (Lipinski definition) is 3. The van der Waals surface area contributed by atoms with Gasteiger partial charge in [-0.2, -0.15) is 13.2 Å². The molecule has 4 rings (SSSR count). The van der Waals surface area contributed by atoms with Crippen molar-refractivity contribution in [1.29, 1.82) is 0 Å². The number of carboxylic acids is 1. The summed E-state index contributed by atoms with van der Waals surface area (Å²) < 4.78 is 38.3. The number of carbonyl (C=O) groups is 2. The van der Waals surface area contributed by atoms with Gasteiger partial charge in [-0.15, -0.1) is 0 Å². The summed E-state index contributed by atoms with van der Waals surface area (Å²) in [6.45, 7) is 0. The lowest BCUT2D eigenvalue weighted by atomic mass is 10.00. The Balaban J connectivity index is 1.41. The van der Waals surface area contributed by atoms with Gasteiger partial charge in [-0.05, 0) is 64.2 Å². The zero-order chi connectivity index (χ0) is 26.6. The van der Waals surface area contributed by atoms with Crippen LogP contribution in [0, 0.1) is 0 Å². The van der Waals surface area contributed by atoms with Crippen LogP contribution in [0.1, 0.15) is 21.5 Å². The molecular weight excluding hydrogens is 481 g/mol. The van der Waals surface area contributed by atoms with E-state index in [1.54, 1.807) is 24.3 Å². The molecule has 0 bridgehead atoms. The van der Waals surface area contributed by atoms with Crippen LogP contribution in [0.2, 0.25) is 0 Å². The maximum Gasteiger partial charge on any atom is 0.416 e. The number of nitrogens with two attached hydrogens (primary N) is 1. The number of halogens is 3. The lowest BCUT2D eigenvalue weighted by Crippen LogP contribution is -2.42. The minimum absolute atomic E-state index is 0.0900. The van der Waals surface area contributed by atoms with E-state index in [9.17, 15) is 27.9 Å². The fraction of sp³-hybridized carbons (Fsp3) is 0.103. The third-order valence-electron chi connectivity index (χ3n) is 5.93. The smallest absolute Gasteiger partial charge is 0.416 e. The summed E-state index contributed by atoms with van der Waals surface area (Å²) in [6.07, 6.45) is -4.33. The Hall–Kier alpha value is -4.59. The van der Waals surface area contributed by atoms with Crippen LogP contribution in [0.15, 0.2) is 97.1 Å². The second-order valence-corrected chi connectivity index (χ2v) is 8.54. The van der Waals surface area contributed by atoms with E-state index < -0.39 is 29.7 Å². The van der Waals surface area contributed by atoms with E-state index in [0.717, 1.165) is 28.8 Å². The zero-order valence-corrected chi connectivity index (χ0v) is 19.5. The van der Waals surface area contributed by atoms with Crippen LogP contribution in [0.25, 0.3) is 22.3 Å². The standard InChI is InChI=1S/C29H23F3N2O3/c30-29(31,32)24-13-9-21(10-14-24)20-5-7-23(8-6-20)27(35)34-26(28(36)37)17-18-1-3-19(4-2-18)22-11-15-25(33)16-12-22/h1-16,26H,17,33H2,(H,34,35)(H,36,37)/t26-/m0/s1. The molecule has 0 unspecified atom stereocenters. The molecule has 4 aromatic carbocycles. The van der Waals surface area contributed by atoms with E-state index >= 15 is 0 Å². The number of aliphatic carboxylic acids is 1. The van der Waals surface area contributed by atoms with Crippen molar-refractivity contribution in [3.63, 3.8) is 0 Å². The Morgan fingerprint density at radius 1 is 0.730 bits per heavy atom. The van der Waals surface area contributed by atoms with Gasteiger partial charge in [0.25, 0.3) is 5.91 Å². The number of nitrogens with one attached hydrogen (secondary N) is 1. The average Bonchev–Trinajstić information content (AvgIpc) is 2.89. The molecule has 0 aromatic heterocycles. The zero-order valence-electron chi connectivity index (χ0n) is 19.5. The van der Waals surface area contributed by atoms with Gasteiger partial charge in [-0.1, -0.05) is 60.7 Å². The van der Waals surface area contributed by atoms with Gasteiger partial charge < -0.3 is 16.2 Å². The quantitative estimate of drug-likeness (QED) is 0.267. The molecule has 4 N–H and O–H groups in total. The second kappa shape index (κ2) is 10.6. The molecule has 0 aliphatic carbocycles. The maximum atomic E-state index is 12.8. The van der Waals surface area contributed by atoms with Crippen molar-refractivity contribution in [3.05, 3.63) is 114 Å². The second-order valence-electron chi connectivity index (χ2n) is 8.54. The fourth-order valence-corrected chi connectivity index (χ4v) is 3.85. The van der Waals surface area contributed by atoms with Crippen LogP contribution in [-0.4, -0.2) is 23.0 Å². The predicted molar refractivity (Wildman–Crippen MR) is 136 cm³/mol. The number of rotatable bonds is 7. The Morgan fingerprint density at radius 3 is 1.62 bits per heavy atom. The lowest BCUT2D eigenvalue weighted by Gasteiger charge is -2.15. The van der Waals surface area contributed by atoms with Crippen molar-refractivity contribution in [2.75, 3.05) is 5.73 Å². The van der Waals surface area contributed by atoms with E-state index in [1.165, 1.54) is 24.3 Å². The molecule has 0 aliphatic rings. The number of alkyl halides is 3. The maximum absolute atomic E-state index is 12.8. The van der Waals surface area contributed by atoms with E-state index in [-0.39, 0.29) is 12.0 Å². The highest BCUT2D eigenvalue weighted by atomic mass is 19.4.